The van der Waals surface area contributed by atoms with Crippen LogP contribution in [-0.4, -0.2) is 0 Å². The van der Waals surface area contributed by atoms with Crippen molar-refractivity contribution in [2.45, 2.75) is 20.8 Å². The maximum Gasteiger partial charge on any atom is 0.000417 e. The normalized spacial score (nSPS) is 12.5. The second kappa shape index (κ2) is 5.78. The Morgan fingerprint density at radius 3 is 2.55 bits per heavy atom. The van der Waals surface area contributed by atoms with Crippen LogP contribution in [0.25, 0.3) is 0 Å². The van der Waals surface area contributed by atoms with Gasteiger partial charge in [0.25, 0.3) is 0 Å². The molecule has 0 rings (SSSR count). The van der Waals surface area contributed by atoms with Crippen molar-refractivity contribution in [3.8, 4) is 0 Å². The first kappa shape index (κ1) is 10.0. The number of rotatable bonds is 4. The molecule has 1 heteroatoms. The Balaban J connectivity index is 3.80. The molecule has 0 aromatic heterocycles. The lowest BCUT2D eigenvalue weighted by Crippen LogP contribution is -1.90. The van der Waals surface area contributed by atoms with Gasteiger partial charge in [0, 0.05) is 6.20 Å². The predicted octanol–water partition coefficient (Wildman–Crippen LogP) is 2.84. The topological polar surface area (TPSA) is 12.0 Å². The molecule has 62 valence electrons. The van der Waals surface area contributed by atoms with Crippen LogP contribution in [0.15, 0.2) is 36.7 Å². The van der Waals surface area contributed by atoms with Gasteiger partial charge in [0.1, 0.15) is 0 Å². The second-order valence-corrected chi connectivity index (χ2v) is 2.80. The van der Waals surface area contributed by atoms with Crippen molar-refractivity contribution in [3.05, 3.63) is 36.7 Å². The predicted molar refractivity (Wildman–Crippen MR) is 51.1 cm³/mol. The Morgan fingerprint density at radius 1 is 1.45 bits per heavy atom. The van der Waals surface area contributed by atoms with E-state index < -0.39 is 0 Å². The molecule has 1 N–H and O–H groups in total. The first-order valence-corrected chi connectivity index (χ1v) is 3.88. The van der Waals surface area contributed by atoms with E-state index in [1.807, 2.05) is 12.3 Å². The molecule has 0 fully saturated rings. The zero-order chi connectivity index (χ0) is 8.69. The zero-order valence-corrected chi connectivity index (χ0v) is 7.59. The summed E-state index contributed by atoms with van der Waals surface area (Å²) < 4.78 is 0. The van der Waals surface area contributed by atoms with Crippen molar-refractivity contribution in [1.29, 1.82) is 0 Å². The lowest BCUT2D eigenvalue weighted by molar-refractivity contribution is 0.769. The third-order valence-corrected chi connectivity index (χ3v) is 1.58. The fourth-order valence-electron chi connectivity index (χ4n) is 0.516. The van der Waals surface area contributed by atoms with E-state index in [0.717, 1.165) is 0 Å². The molecule has 0 saturated heterocycles. The molecule has 0 aliphatic carbocycles. The molecule has 0 aliphatic heterocycles. The van der Waals surface area contributed by atoms with E-state index in [1.54, 1.807) is 6.20 Å². The zero-order valence-electron chi connectivity index (χ0n) is 7.59. The third-order valence-electron chi connectivity index (χ3n) is 1.58. The fourth-order valence-corrected chi connectivity index (χ4v) is 0.516. The summed E-state index contributed by atoms with van der Waals surface area (Å²) in [4.78, 5) is 0. The summed E-state index contributed by atoms with van der Waals surface area (Å²) in [6, 6.07) is 0. The van der Waals surface area contributed by atoms with Crippen LogP contribution < -0.4 is 5.32 Å². The minimum absolute atomic E-state index is 0.628. The summed E-state index contributed by atoms with van der Waals surface area (Å²) in [5.41, 5.74) is 1.38. The highest BCUT2D eigenvalue weighted by molar-refractivity contribution is 5.11. The van der Waals surface area contributed by atoms with Gasteiger partial charge in [-0.3, -0.25) is 0 Å². The molecule has 11 heavy (non-hydrogen) atoms. The molecule has 0 aromatic rings. The number of nitrogens with one attached hydrogen (secondary N) is 1. The Kier molecular flexibility index (Phi) is 5.26. The van der Waals surface area contributed by atoms with Crippen LogP contribution in [0.4, 0.5) is 0 Å². The van der Waals surface area contributed by atoms with Gasteiger partial charge < -0.3 is 5.32 Å². The highest BCUT2D eigenvalue weighted by atomic mass is 14.8. The van der Waals surface area contributed by atoms with Crippen LogP contribution in [-0.2, 0) is 0 Å². The van der Waals surface area contributed by atoms with Gasteiger partial charge >= 0.3 is 0 Å². The maximum atomic E-state index is 3.53. The van der Waals surface area contributed by atoms with Crippen LogP contribution in [0.1, 0.15) is 20.8 Å². The van der Waals surface area contributed by atoms with E-state index in [2.05, 4.69) is 38.7 Å². The van der Waals surface area contributed by atoms with Gasteiger partial charge in [-0.15, -0.1) is 0 Å². The molecule has 0 heterocycles. The summed E-state index contributed by atoms with van der Waals surface area (Å²) in [5.74, 6) is 0.628. The first-order chi connectivity index (χ1) is 5.18. The van der Waals surface area contributed by atoms with Crippen LogP contribution in [0.5, 0.6) is 0 Å². The molecule has 0 atom stereocenters. The molecule has 0 saturated carbocycles. The smallest absolute Gasteiger partial charge is 0.000417 e. The van der Waals surface area contributed by atoms with Crippen molar-refractivity contribution < 1.29 is 0 Å². The minimum Gasteiger partial charge on any atom is -0.368 e. The standard InChI is InChI=1S/C10H17N/c1-5-11-8-6-7-10(4)9(2)3/h5-9,11H,1H2,2-4H3/b8-6-,10-7+. The highest BCUT2D eigenvalue weighted by Crippen LogP contribution is 2.06. The van der Waals surface area contributed by atoms with Crippen molar-refractivity contribution in [2.24, 2.45) is 5.92 Å². The molecule has 0 spiro atoms. The summed E-state index contributed by atoms with van der Waals surface area (Å²) in [7, 11) is 0. The summed E-state index contributed by atoms with van der Waals surface area (Å²) >= 11 is 0. The number of hydrogen-bond acceptors (Lipinski definition) is 1. The molecule has 0 unspecified atom stereocenters. The van der Waals surface area contributed by atoms with E-state index in [0.29, 0.717) is 5.92 Å². The van der Waals surface area contributed by atoms with Gasteiger partial charge in [-0.2, -0.15) is 0 Å². The molecule has 0 aromatic carbocycles. The van der Waals surface area contributed by atoms with Crippen LogP contribution >= 0.6 is 0 Å². The molecule has 0 radical (unpaired) electrons. The molecular weight excluding hydrogens is 134 g/mol. The Bertz CT molecular complexity index is 164. The average Bonchev–Trinajstić information content (AvgIpc) is 1.97. The lowest BCUT2D eigenvalue weighted by atomic mass is 10.1. The summed E-state index contributed by atoms with van der Waals surface area (Å²) in [5, 5.41) is 2.88. The quantitative estimate of drug-likeness (QED) is 0.609. The first-order valence-electron chi connectivity index (χ1n) is 3.88. The molecular formula is C10H17N. The van der Waals surface area contributed by atoms with Crippen LogP contribution in [0.3, 0.4) is 0 Å². The molecule has 0 aliphatic rings. The highest BCUT2D eigenvalue weighted by Gasteiger charge is 1.91. The van der Waals surface area contributed by atoms with Crippen molar-refractivity contribution in [1.82, 2.24) is 5.32 Å². The summed E-state index contributed by atoms with van der Waals surface area (Å²) in [6.07, 6.45) is 7.59. The molecule has 0 amide bonds. The van der Waals surface area contributed by atoms with Gasteiger partial charge in [0.05, 0.1) is 0 Å². The van der Waals surface area contributed by atoms with Crippen molar-refractivity contribution in [2.75, 3.05) is 0 Å². The van der Waals surface area contributed by atoms with Gasteiger partial charge in [0.2, 0.25) is 0 Å². The van der Waals surface area contributed by atoms with E-state index >= 15 is 0 Å². The van der Waals surface area contributed by atoms with E-state index in [4.69, 9.17) is 0 Å². The van der Waals surface area contributed by atoms with Crippen LogP contribution in [0.2, 0.25) is 0 Å². The van der Waals surface area contributed by atoms with E-state index in [1.165, 1.54) is 5.57 Å². The van der Waals surface area contributed by atoms with Gasteiger partial charge in [-0.1, -0.05) is 32.1 Å². The Labute approximate surface area is 69.5 Å². The van der Waals surface area contributed by atoms with E-state index in [9.17, 15) is 0 Å². The third kappa shape index (κ3) is 5.46. The average molecular weight is 151 g/mol. The molecule has 1 nitrogen and oxygen atoms in total. The monoisotopic (exact) mass is 151 g/mol. The fraction of sp³-hybridized carbons (Fsp3) is 0.400. The Morgan fingerprint density at radius 2 is 2.09 bits per heavy atom. The van der Waals surface area contributed by atoms with Gasteiger partial charge in [-0.05, 0) is 25.1 Å². The second-order valence-electron chi connectivity index (χ2n) is 2.80. The SMILES string of the molecule is C=CN/C=C\C=C(/C)C(C)C. The largest absolute Gasteiger partial charge is 0.368 e. The van der Waals surface area contributed by atoms with Crippen molar-refractivity contribution in [3.63, 3.8) is 0 Å². The van der Waals surface area contributed by atoms with Crippen LogP contribution in [0, 0.1) is 5.92 Å². The van der Waals surface area contributed by atoms with Crippen molar-refractivity contribution >= 4 is 0 Å². The lowest BCUT2D eigenvalue weighted by Gasteiger charge is -2.01. The van der Waals surface area contributed by atoms with Gasteiger partial charge in [0.15, 0.2) is 0 Å². The maximum absolute atomic E-state index is 3.53. The van der Waals surface area contributed by atoms with E-state index in [-0.39, 0.29) is 0 Å². The summed E-state index contributed by atoms with van der Waals surface area (Å²) in [6.45, 7) is 10.0. The number of allylic oxidation sites excluding steroid dienone is 3. The minimum atomic E-state index is 0.628. The number of hydrogen-bond donors (Lipinski definition) is 1. The molecule has 0 bridgehead atoms. The van der Waals surface area contributed by atoms with Gasteiger partial charge in [-0.25, -0.2) is 0 Å². The Hall–Kier alpha value is -0.980.